The van der Waals surface area contributed by atoms with Gasteiger partial charge in [0.1, 0.15) is 18.6 Å². The predicted octanol–water partition coefficient (Wildman–Crippen LogP) is 6.74. The molecule has 6 rings (SSSR count). The van der Waals surface area contributed by atoms with E-state index in [9.17, 15) is 14.4 Å². The summed E-state index contributed by atoms with van der Waals surface area (Å²) in [7, 11) is 2.20. The van der Waals surface area contributed by atoms with Crippen molar-refractivity contribution in [1.29, 1.82) is 0 Å². The third-order valence-corrected chi connectivity index (χ3v) is 12.7. The molecule has 4 heterocycles. The van der Waals surface area contributed by atoms with E-state index in [1.165, 1.54) is 12.8 Å². The maximum atomic E-state index is 14.0. The van der Waals surface area contributed by atoms with Crippen LogP contribution in [0.5, 0.6) is 0 Å². The molecule has 248 valence electrons. The van der Waals surface area contributed by atoms with Crippen molar-refractivity contribution >= 4 is 56.0 Å². The molecule has 2 aromatic carbocycles. The number of anilines is 1. The number of benzene rings is 2. The van der Waals surface area contributed by atoms with Gasteiger partial charge in [-0.15, -0.1) is 0 Å². The second-order valence-electron chi connectivity index (χ2n) is 13.5. The van der Waals surface area contributed by atoms with Crippen LogP contribution in [0.25, 0.3) is 0 Å². The van der Waals surface area contributed by atoms with Crippen molar-refractivity contribution in [3.8, 4) is 0 Å². The van der Waals surface area contributed by atoms with Gasteiger partial charge in [-0.3, -0.25) is 9.80 Å². The van der Waals surface area contributed by atoms with Crippen LogP contribution in [-0.2, 0) is 22.6 Å². The van der Waals surface area contributed by atoms with E-state index in [1.54, 1.807) is 0 Å². The summed E-state index contributed by atoms with van der Waals surface area (Å²) in [6, 6.07) is 13.5. The lowest BCUT2D eigenvalue weighted by molar-refractivity contribution is -0.129. The SMILES string of the molecule is CN1CCC(C2CCN([C@]3(CC=O)C[C@H](N4CCc5ccccc5NC4=O)CCN3C(=O)OCc3ccc(Br)c(Br)c3)CC2)CC1. The minimum Gasteiger partial charge on any atom is -0.445 e. The average molecular weight is 760 g/mol. The predicted molar refractivity (Wildman–Crippen MR) is 186 cm³/mol. The van der Waals surface area contributed by atoms with E-state index in [1.807, 2.05) is 46.2 Å². The van der Waals surface area contributed by atoms with Gasteiger partial charge in [-0.1, -0.05) is 24.3 Å². The first-order valence-corrected chi connectivity index (χ1v) is 18.3. The highest BCUT2D eigenvalue weighted by Gasteiger charge is 2.52. The number of carbonyl (C=O) groups excluding carboxylic acids is 3. The molecule has 3 amide bonds. The van der Waals surface area contributed by atoms with Crippen LogP contribution >= 0.6 is 31.9 Å². The Bertz CT molecular complexity index is 1410. The lowest BCUT2D eigenvalue weighted by Gasteiger charge is -2.57. The molecule has 3 saturated heterocycles. The van der Waals surface area contributed by atoms with Gasteiger partial charge in [0.25, 0.3) is 0 Å². The highest BCUT2D eigenvalue weighted by molar-refractivity contribution is 9.13. The van der Waals surface area contributed by atoms with Crippen LogP contribution in [0.3, 0.4) is 0 Å². The van der Waals surface area contributed by atoms with Crippen LogP contribution in [0.2, 0.25) is 0 Å². The Morgan fingerprint density at radius 2 is 1.67 bits per heavy atom. The summed E-state index contributed by atoms with van der Waals surface area (Å²) in [6.45, 7) is 5.07. The number of carbonyl (C=O) groups is 3. The zero-order valence-corrected chi connectivity index (χ0v) is 29.8. The molecule has 4 aliphatic heterocycles. The second-order valence-corrected chi connectivity index (χ2v) is 15.2. The largest absolute Gasteiger partial charge is 0.445 e. The molecule has 0 radical (unpaired) electrons. The zero-order chi connectivity index (χ0) is 32.3. The number of amides is 3. The Hall–Kier alpha value is -2.47. The van der Waals surface area contributed by atoms with Gasteiger partial charge in [0.2, 0.25) is 0 Å². The minimum absolute atomic E-state index is 0.118. The first-order valence-electron chi connectivity index (χ1n) is 16.7. The Balaban J connectivity index is 1.23. The number of rotatable bonds is 7. The summed E-state index contributed by atoms with van der Waals surface area (Å²) in [4.78, 5) is 48.7. The van der Waals surface area contributed by atoms with Gasteiger partial charge >= 0.3 is 12.1 Å². The number of aldehydes is 1. The summed E-state index contributed by atoms with van der Waals surface area (Å²) < 4.78 is 7.78. The summed E-state index contributed by atoms with van der Waals surface area (Å²) in [5.41, 5.74) is 1.98. The van der Waals surface area contributed by atoms with Gasteiger partial charge in [0.05, 0.1) is 0 Å². The Labute approximate surface area is 289 Å². The quantitative estimate of drug-likeness (QED) is 0.315. The molecule has 0 spiro atoms. The Morgan fingerprint density at radius 1 is 0.957 bits per heavy atom. The maximum absolute atomic E-state index is 14.0. The second kappa shape index (κ2) is 14.7. The van der Waals surface area contributed by atoms with Crippen LogP contribution in [0.4, 0.5) is 15.3 Å². The van der Waals surface area contributed by atoms with Crippen molar-refractivity contribution < 1.29 is 19.1 Å². The molecule has 2 aromatic rings. The number of fused-ring (bicyclic) bond motifs is 1. The molecule has 0 aromatic heterocycles. The van der Waals surface area contributed by atoms with Crippen molar-refractivity contribution in [1.82, 2.24) is 19.6 Å². The maximum Gasteiger partial charge on any atom is 0.411 e. The topological polar surface area (TPSA) is 85.4 Å². The summed E-state index contributed by atoms with van der Waals surface area (Å²) in [6.07, 6.45) is 7.17. The fourth-order valence-corrected chi connectivity index (χ4v) is 8.91. The van der Waals surface area contributed by atoms with Crippen molar-refractivity contribution in [2.45, 2.75) is 69.7 Å². The van der Waals surface area contributed by atoms with Gasteiger partial charge < -0.3 is 24.6 Å². The number of nitrogens with one attached hydrogen (secondary N) is 1. The van der Waals surface area contributed by atoms with Crippen molar-refractivity contribution in [2.24, 2.45) is 11.8 Å². The van der Waals surface area contributed by atoms with Crippen molar-refractivity contribution in [3.63, 3.8) is 0 Å². The van der Waals surface area contributed by atoms with E-state index in [-0.39, 0.29) is 25.1 Å². The number of piperidine rings is 3. The molecule has 9 nitrogen and oxygen atoms in total. The van der Waals surface area contributed by atoms with Gasteiger partial charge in [-0.25, -0.2) is 9.59 Å². The zero-order valence-electron chi connectivity index (χ0n) is 26.6. The van der Waals surface area contributed by atoms with Gasteiger partial charge in [-0.05, 0) is 132 Å². The van der Waals surface area contributed by atoms with Crippen molar-refractivity contribution in [2.75, 3.05) is 51.6 Å². The number of nitrogens with zero attached hydrogens (tertiary/aromatic N) is 4. The molecular weight excluding hydrogens is 714 g/mol. The molecule has 0 bridgehead atoms. The lowest BCUT2D eigenvalue weighted by Crippen LogP contribution is -2.69. The summed E-state index contributed by atoms with van der Waals surface area (Å²) in [5, 5.41) is 3.12. The number of urea groups is 1. The van der Waals surface area contributed by atoms with Gasteiger partial charge in [-0.2, -0.15) is 0 Å². The van der Waals surface area contributed by atoms with Crippen molar-refractivity contribution in [3.05, 3.63) is 62.5 Å². The number of halogens is 2. The monoisotopic (exact) mass is 757 g/mol. The molecule has 0 aliphatic carbocycles. The molecule has 0 saturated carbocycles. The van der Waals surface area contributed by atoms with Gasteiger partial charge in [0, 0.05) is 59.7 Å². The number of hydrogen-bond acceptors (Lipinski definition) is 6. The first kappa shape index (κ1) is 33.4. The first-order chi connectivity index (χ1) is 22.3. The number of hydrogen-bond donors (Lipinski definition) is 1. The minimum atomic E-state index is -0.862. The highest BCUT2D eigenvalue weighted by Crippen LogP contribution is 2.42. The standard InChI is InChI=1S/C35H45Br2N5O4/c1-39-15-8-26(9-16-39)27-10-17-40(18-11-27)35(14-21-43)23-29(41-19-12-28-4-2-3-5-32(28)38-33(41)44)13-20-42(35)34(45)46-24-25-6-7-30(36)31(37)22-25/h2-7,21-22,26-27,29H,8-20,23-24H2,1H3,(H,38,44)/t29-,35+/m1/s1. The highest BCUT2D eigenvalue weighted by atomic mass is 79.9. The number of ether oxygens (including phenoxy) is 1. The van der Waals surface area contributed by atoms with E-state index in [0.29, 0.717) is 31.8 Å². The number of likely N-dealkylation sites (tertiary alicyclic amines) is 3. The molecule has 2 atom stereocenters. The molecule has 46 heavy (non-hydrogen) atoms. The summed E-state index contributed by atoms with van der Waals surface area (Å²) in [5.74, 6) is 1.39. The Morgan fingerprint density at radius 3 is 2.39 bits per heavy atom. The average Bonchev–Trinajstić information content (AvgIpc) is 3.23. The molecule has 1 N–H and O–H groups in total. The Kier molecular flexibility index (Phi) is 10.7. The van der Waals surface area contributed by atoms with Crippen LogP contribution in [-0.4, -0.2) is 96.0 Å². The van der Waals surface area contributed by atoms with Crippen LogP contribution in [0.15, 0.2) is 51.4 Å². The molecular formula is C35H45Br2N5O4. The molecule has 0 unspecified atom stereocenters. The van der Waals surface area contributed by atoms with Crippen LogP contribution < -0.4 is 5.32 Å². The van der Waals surface area contributed by atoms with E-state index >= 15 is 0 Å². The third kappa shape index (κ3) is 7.17. The number of para-hydroxylation sites is 1. The van der Waals surface area contributed by atoms with Gasteiger partial charge in [0.15, 0.2) is 0 Å². The van der Waals surface area contributed by atoms with Crippen LogP contribution in [0.1, 0.15) is 56.1 Å². The fourth-order valence-electron chi connectivity index (χ4n) is 8.24. The normalized spacial score (nSPS) is 25.5. The van der Waals surface area contributed by atoms with E-state index in [0.717, 1.165) is 83.4 Å². The lowest BCUT2D eigenvalue weighted by atomic mass is 9.77. The van der Waals surface area contributed by atoms with E-state index < -0.39 is 11.8 Å². The fraction of sp³-hybridized carbons (Fsp3) is 0.571. The smallest absolute Gasteiger partial charge is 0.411 e. The molecule has 4 aliphatic rings. The molecule has 11 heteroatoms. The van der Waals surface area contributed by atoms with E-state index in [4.69, 9.17) is 4.74 Å². The molecule has 3 fully saturated rings. The van der Waals surface area contributed by atoms with E-state index in [2.05, 4.69) is 60.1 Å². The summed E-state index contributed by atoms with van der Waals surface area (Å²) >= 11 is 7.04. The third-order valence-electron chi connectivity index (χ3n) is 10.9. The van der Waals surface area contributed by atoms with Crippen LogP contribution in [0, 0.1) is 11.8 Å².